The van der Waals surface area contributed by atoms with Gasteiger partial charge in [0.25, 0.3) is 0 Å². The molecule has 0 heterocycles. The zero-order chi connectivity index (χ0) is 14.0. The van der Waals surface area contributed by atoms with Crippen molar-refractivity contribution in [3.05, 3.63) is 59.7 Å². The zero-order valence-corrected chi connectivity index (χ0v) is 13.6. The molecule has 2 aromatic rings. The largest absolute Gasteiger partial charge is 0.399 e. The van der Waals surface area contributed by atoms with Crippen molar-refractivity contribution in [1.82, 2.24) is 0 Å². The van der Waals surface area contributed by atoms with Crippen LogP contribution in [0.4, 0.5) is 11.4 Å². The molecule has 0 aliphatic heterocycles. The van der Waals surface area contributed by atoms with Crippen molar-refractivity contribution in [1.29, 1.82) is 0 Å². The number of ketones is 1. The maximum Gasteiger partial charge on any atom is 0.172 e. The van der Waals surface area contributed by atoms with Crippen LogP contribution in [-0.2, 0) is 5.41 Å². The molecule has 0 amide bonds. The fraction of sp³-hybridized carbons (Fsp3) is 0.188. The molecule has 21 heavy (non-hydrogen) atoms. The van der Waals surface area contributed by atoms with Gasteiger partial charge in [0, 0.05) is 16.9 Å². The van der Waals surface area contributed by atoms with Crippen LogP contribution in [0.5, 0.6) is 0 Å². The predicted molar refractivity (Wildman–Crippen MR) is 93.6 cm³/mol. The lowest BCUT2D eigenvalue weighted by Crippen LogP contribution is -2.29. The normalized spacial score (nSPS) is 10.2. The van der Waals surface area contributed by atoms with Gasteiger partial charge in [-0.15, -0.1) is 24.8 Å². The highest BCUT2D eigenvalue weighted by Gasteiger charge is 2.30. The molecule has 0 saturated heterocycles. The molecule has 2 rings (SSSR count). The first-order valence-electron chi connectivity index (χ1n) is 6.17. The number of nitrogens with two attached hydrogens (primary N) is 2. The zero-order valence-electron chi connectivity index (χ0n) is 12.0. The molecule has 0 atom stereocenters. The summed E-state index contributed by atoms with van der Waals surface area (Å²) in [6.07, 6.45) is 0. The number of halogens is 2. The van der Waals surface area contributed by atoms with E-state index in [1.54, 1.807) is 24.3 Å². The molecule has 0 aliphatic carbocycles. The van der Waals surface area contributed by atoms with E-state index in [1.165, 1.54) is 0 Å². The number of nitrogen functional groups attached to an aromatic ring is 2. The molecule has 0 spiro atoms. The number of carbonyl (C=O) groups is 1. The Bertz CT molecular complexity index is 593. The van der Waals surface area contributed by atoms with Crippen molar-refractivity contribution in [3.63, 3.8) is 0 Å². The van der Waals surface area contributed by atoms with Crippen molar-refractivity contribution in [2.75, 3.05) is 11.5 Å². The van der Waals surface area contributed by atoms with Gasteiger partial charge in [0.1, 0.15) is 0 Å². The summed E-state index contributed by atoms with van der Waals surface area (Å²) in [6, 6.07) is 14.4. The Labute approximate surface area is 137 Å². The Morgan fingerprint density at radius 2 is 1.19 bits per heavy atom. The number of anilines is 2. The van der Waals surface area contributed by atoms with Crippen LogP contribution in [0.1, 0.15) is 29.8 Å². The molecule has 0 unspecified atom stereocenters. The second-order valence-corrected chi connectivity index (χ2v) is 5.20. The van der Waals surface area contributed by atoms with E-state index in [0.29, 0.717) is 16.9 Å². The molecule has 0 fully saturated rings. The predicted octanol–water partition coefficient (Wildman–Crippen LogP) is 3.86. The molecule has 0 aliphatic rings. The summed E-state index contributed by atoms with van der Waals surface area (Å²) in [4.78, 5) is 12.6. The molecular weight excluding hydrogens is 307 g/mol. The van der Waals surface area contributed by atoms with Gasteiger partial charge in [-0.2, -0.15) is 0 Å². The Morgan fingerprint density at radius 1 is 0.810 bits per heavy atom. The lowest BCUT2D eigenvalue weighted by Gasteiger charge is -2.24. The highest BCUT2D eigenvalue weighted by Crippen LogP contribution is 2.28. The van der Waals surface area contributed by atoms with E-state index in [9.17, 15) is 4.79 Å². The van der Waals surface area contributed by atoms with Crippen LogP contribution in [0.25, 0.3) is 0 Å². The van der Waals surface area contributed by atoms with E-state index in [1.807, 2.05) is 38.1 Å². The Kier molecular flexibility index (Phi) is 6.74. The van der Waals surface area contributed by atoms with Crippen LogP contribution >= 0.6 is 24.8 Å². The lowest BCUT2D eigenvalue weighted by molar-refractivity contribution is 0.0909. The van der Waals surface area contributed by atoms with E-state index in [-0.39, 0.29) is 30.6 Å². The number of hydrogen-bond donors (Lipinski definition) is 2. The smallest absolute Gasteiger partial charge is 0.172 e. The monoisotopic (exact) mass is 326 g/mol. The van der Waals surface area contributed by atoms with Crippen LogP contribution in [-0.4, -0.2) is 5.78 Å². The topological polar surface area (TPSA) is 69.1 Å². The van der Waals surface area contributed by atoms with E-state index < -0.39 is 5.41 Å². The summed E-state index contributed by atoms with van der Waals surface area (Å²) < 4.78 is 0. The summed E-state index contributed by atoms with van der Waals surface area (Å²) >= 11 is 0. The Hall–Kier alpha value is -1.71. The third kappa shape index (κ3) is 4.13. The lowest BCUT2D eigenvalue weighted by atomic mass is 9.78. The van der Waals surface area contributed by atoms with Crippen molar-refractivity contribution in [3.8, 4) is 0 Å². The summed E-state index contributed by atoms with van der Waals surface area (Å²) in [6.45, 7) is 3.83. The first kappa shape index (κ1) is 19.3. The maximum absolute atomic E-state index is 12.6. The van der Waals surface area contributed by atoms with Gasteiger partial charge < -0.3 is 11.5 Å². The number of rotatable bonds is 3. The van der Waals surface area contributed by atoms with Gasteiger partial charge in [-0.05, 0) is 55.8 Å². The van der Waals surface area contributed by atoms with Crippen LogP contribution in [0, 0.1) is 0 Å². The van der Waals surface area contributed by atoms with Gasteiger partial charge in [-0.25, -0.2) is 0 Å². The molecule has 5 heteroatoms. The molecule has 0 bridgehead atoms. The maximum atomic E-state index is 12.6. The van der Waals surface area contributed by atoms with Crippen molar-refractivity contribution in [2.24, 2.45) is 0 Å². The van der Waals surface area contributed by atoms with Gasteiger partial charge in [0.2, 0.25) is 0 Å². The highest BCUT2D eigenvalue weighted by molar-refractivity contribution is 6.03. The second-order valence-electron chi connectivity index (χ2n) is 5.20. The van der Waals surface area contributed by atoms with Gasteiger partial charge in [-0.1, -0.05) is 12.1 Å². The molecule has 4 N–H and O–H groups in total. The van der Waals surface area contributed by atoms with Gasteiger partial charge in [0.05, 0.1) is 5.41 Å². The third-order valence-electron chi connectivity index (χ3n) is 3.37. The van der Waals surface area contributed by atoms with Crippen molar-refractivity contribution in [2.45, 2.75) is 19.3 Å². The fourth-order valence-corrected chi connectivity index (χ4v) is 2.03. The number of carbonyl (C=O) groups excluding carboxylic acids is 1. The van der Waals surface area contributed by atoms with Gasteiger partial charge in [-0.3, -0.25) is 4.79 Å². The summed E-state index contributed by atoms with van der Waals surface area (Å²) in [5.41, 5.74) is 13.7. The first-order valence-corrected chi connectivity index (χ1v) is 6.17. The highest BCUT2D eigenvalue weighted by atomic mass is 35.5. The van der Waals surface area contributed by atoms with E-state index in [2.05, 4.69) is 0 Å². The number of hydrogen-bond acceptors (Lipinski definition) is 3. The van der Waals surface area contributed by atoms with Gasteiger partial charge in [0.15, 0.2) is 5.78 Å². The molecular formula is C16H20Cl2N2O. The quantitative estimate of drug-likeness (QED) is 0.664. The summed E-state index contributed by atoms with van der Waals surface area (Å²) in [5.74, 6) is 0.0669. The third-order valence-corrected chi connectivity index (χ3v) is 3.37. The molecule has 2 aromatic carbocycles. The molecule has 0 radical (unpaired) electrons. The van der Waals surface area contributed by atoms with Crippen LogP contribution < -0.4 is 11.5 Å². The average Bonchev–Trinajstić information content (AvgIpc) is 2.39. The number of benzene rings is 2. The van der Waals surface area contributed by atoms with Crippen molar-refractivity contribution >= 4 is 42.0 Å². The van der Waals surface area contributed by atoms with Crippen LogP contribution in [0.15, 0.2) is 48.5 Å². The number of Topliss-reactive ketones (excluding diaryl/α,β-unsaturated/α-hetero) is 1. The minimum Gasteiger partial charge on any atom is -0.399 e. The van der Waals surface area contributed by atoms with Crippen LogP contribution in [0.3, 0.4) is 0 Å². The summed E-state index contributed by atoms with van der Waals surface area (Å²) in [5, 5.41) is 0. The Morgan fingerprint density at radius 3 is 1.62 bits per heavy atom. The first-order chi connectivity index (χ1) is 8.91. The van der Waals surface area contributed by atoms with Crippen molar-refractivity contribution < 1.29 is 4.79 Å². The van der Waals surface area contributed by atoms with Gasteiger partial charge >= 0.3 is 0 Å². The van der Waals surface area contributed by atoms with E-state index in [4.69, 9.17) is 11.5 Å². The minimum absolute atomic E-state index is 0. The standard InChI is InChI=1S/C16H18N2O.2ClH/c1-16(2,12-5-9-14(18)10-6-12)15(19)11-3-7-13(17)8-4-11;;/h3-10H,17-18H2,1-2H3;2*1H. The van der Waals surface area contributed by atoms with Crippen LogP contribution in [0.2, 0.25) is 0 Å². The Balaban J connectivity index is 0.00000200. The average molecular weight is 327 g/mol. The molecule has 114 valence electrons. The molecule has 0 saturated carbocycles. The SMILES string of the molecule is CC(C)(C(=O)c1ccc(N)cc1)c1ccc(N)cc1.Cl.Cl. The molecule has 0 aromatic heterocycles. The second kappa shape index (κ2) is 7.34. The molecule has 3 nitrogen and oxygen atoms in total. The summed E-state index contributed by atoms with van der Waals surface area (Å²) in [7, 11) is 0. The fourth-order valence-electron chi connectivity index (χ4n) is 2.03. The van der Waals surface area contributed by atoms with E-state index >= 15 is 0 Å². The minimum atomic E-state index is -0.593. The van der Waals surface area contributed by atoms with E-state index in [0.717, 1.165) is 5.56 Å².